The van der Waals surface area contributed by atoms with Gasteiger partial charge >= 0.3 is 0 Å². The summed E-state index contributed by atoms with van der Waals surface area (Å²) >= 11 is 0. The van der Waals surface area contributed by atoms with Gasteiger partial charge in [0.1, 0.15) is 5.82 Å². The Balaban J connectivity index is 1.94. The number of nitrogens with zero attached hydrogens (tertiary/aromatic N) is 7. The normalized spacial score (nSPS) is 17.4. The first kappa shape index (κ1) is 28.9. The van der Waals surface area contributed by atoms with E-state index in [2.05, 4.69) is 32.9 Å². The van der Waals surface area contributed by atoms with E-state index < -0.39 is 0 Å². The van der Waals surface area contributed by atoms with Crippen LogP contribution >= 0.6 is 0 Å². The molecule has 2 aliphatic heterocycles. The Morgan fingerprint density at radius 3 is 2.18 bits per heavy atom. The highest BCUT2D eigenvalue weighted by Crippen LogP contribution is 2.24. The first-order valence-corrected chi connectivity index (χ1v) is 12.6. The van der Waals surface area contributed by atoms with E-state index in [1.807, 2.05) is 25.2 Å². The highest BCUT2D eigenvalue weighted by molar-refractivity contribution is 5.72. The molecule has 3 heterocycles. The molecule has 2 aliphatic rings. The lowest BCUT2D eigenvalue weighted by atomic mass is 10.2. The van der Waals surface area contributed by atoms with Crippen molar-refractivity contribution >= 4 is 23.7 Å². The largest absolute Gasteiger partial charge is 0.493 e. The van der Waals surface area contributed by atoms with Gasteiger partial charge in [-0.2, -0.15) is 15.0 Å². The predicted octanol–water partition coefficient (Wildman–Crippen LogP) is 2.67. The molecule has 11 heteroatoms. The third-order valence-corrected chi connectivity index (χ3v) is 6.09. The Morgan fingerprint density at radius 2 is 1.61 bits per heavy atom. The summed E-state index contributed by atoms with van der Waals surface area (Å²) in [6.45, 7) is 16.0. The highest BCUT2D eigenvalue weighted by atomic mass is 16.5. The van der Waals surface area contributed by atoms with Crippen molar-refractivity contribution in [2.24, 2.45) is 4.99 Å². The molecule has 1 aromatic heterocycles. The van der Waals surface area contributed by atoms with Crippen LogP contribution in [-0.2, 0) is 18.9 Å². The van der Waals surface area contributed by atoms with Crippen molar-refractivity contribution in [3.8, 4) is 0 Å². The average molecular weight is 526 g/mol. The number of morpholine rings is 1. The fraction of sp³-hybridized carbons (Fsp3) is 0.481. The van der Waals surface area contributed by atoms with Crippen molar-refractivity contribution in [1.82, 2.24) is 19.9 Å². The van der Waals surface area contributed by atoms with E-state index in [9.17, 15) is 0 Å². The van der Waals surface area contributed by atoms with Crippen molar-refractivity contribution in [2.45, 2.75) is 6.92 Å². The Labute approximate surface area is 225 Å². The number of ether oxygens (including phenoxy) is 4. The molecule has 0 radical (unpaired) electrons. The van der Waals surface area contributed by atoms with Gasteiger partial charge in [0, 0.05) is 58.2 Å². The molecule has 0 spiro atoms. The van der Waals surface area contributed by atoms with Crippen LogP contribution in [0.15, 0.2) is 59.8 Å². The number of piperazine rings is 1. The summed E-state index contributed by atoms with van der Waals surface area (Å²) < 4.78 is 21.7. The number of anilines is 2. The lowest BCUT2D eigenvalue weighted by molar-refractivity contribution is 0.122. The van der Waals surface area contributed by atoms with Gasteiger partial charge in [-0.05, 0) is 25.2 Å². The van der Waals surface area contributed by atoms with Crippen molar-refractivity contribution in [1.29, 1.82) is 0 Å². The molecule has 0 amide bonds. The van der Waals surface area contributed by atoms with Gasteiger partial charge in [-0.1, -0.05) is 19.2 Å². The number of methoxy groups -OCH3 is 3. The van der Waals surface area contributed by atoms with Crippen LogP contribution in [0.1, 0.15) is 12.7 Å². The Hall–Kier alpha value is -3.70. The molecule has 0 N–H and O–H groups in total. The minimum Gasteiger partial charge on any atom is -0.493 e. The molecule has 2 saturated heterocycles. The summed E-state index contributed by atoms with van der Waals surface area (Å²) in [6.07, 6.45) is 9.29. The van der Waals surface area contributed by atoms with Crippen molar-refractivity contribution < 1.29 is 18.9 Å². The van der Waals surface area contributed by atoms with E-state index in [0.717, 1.165) is 32.0 Å². The van der Waals surface area contributed by atoms with Gasteiger partial charge in [-0.3, -0.25) is 0 Å². The lowest BCUT2D eigenvalue weighted by Crippen LogP contribution is -2.46. The minimum absolute atomic E-state index is 0.366. The smallest absolute Gasteiger partial charge is 0.230 e. The van der Waals surface area contributed by atoms with Crippen LogP contribution in [0.4, 0.5) is 11.9 Å². The third kappa shape index (κ3) is 7.90. The maximum absolute atomic E-state index is 5.54. The van der Waals surface area contributed by atoms with Crippen LogP contribution in [0.2, 0.25) is 0 Å². The SMILES string of the molecule is C=C(OC)/C(=C\C(=C/COC)c1nc(N2CCOCC2)nc(N2CCN(C(=C)/N=C\C=C/C)CC2)n1)OC. The van der Waals surface area contributed by atoms with Gasteiger partial charge in [0.2, 0.25) is 11.9 Å². The van der Waals surface area contributed by atoms with Gasteiger partial charge in [0.15, 0.2) is 17.3 Å². The molecular weight excluding hydrogens is 486 g/mol. The fourth-order valence-corrected chi connectivity index (χ4v) is 3.87. The molecule has 2 fully saturated rings. The van der Waals surface area contributed by atoms with Gasteiger partial charge in [-0.25, -0.2) is 4.99 Å². The van der Waals surface area contributed by atoms with E-state index in [0.29, 0.717) is 67.7 Å². The fourth-order valence-electron chi connectivity index (χ4n) is 3.87. The predicted molar refractivity (Wildman–Crippen MR) is 150 cm³/mol. The van der Waals surface area contributed by atoms with E-state index >= 15 is 0 Å². The van der Waals surface area contributed by atoms with Crippen LogP contribution in [0.5, 0.6) is 0 Å². The zero-order valence-corrected chi connectivity index (χ0v) is 22.9. The third-order valence-electron chi connectivity index (χ3n) is 6.09. The Kier molecular flexibility index (Phi) is 11.3. The molecule has 0 saturated carbocycles. The topological polar surface area (TPSA) is 97.7 Å². The maximum Gasteiger partial charge on any atom is 0.230 e. The minimum atomic E-state index is 0.366. The van der Waals surface area contributed by atoms with Gasteiger partial charge < -0.3 is 33.6 Å². The van der Waals surface area contributed by atoms with E-state index in [1.54, 1.807) is 33.6 Å². The number of hydrogen-bond donors (Lipinski definition) is 0. The number of rotatable bonds is 12. The molecule has 0 unspecified atom stereocenters. The monoisotopic (exact) mass is 525 g/mol. The van der Waals surface area contributed by atoms with Gasteiger partial charge in [0.25, 0.3) is 0 Å². The molecule has 11 nitrogen and oxygen atoms in total. The van der Waals surface area contributed by atoms with Crippen LogP contribution < -0.4 is 9.80 Å². The molecular formula is C27H39N7O4. The van der Waals surface area contributed by atoms with E-state index in [1.165, 1.54) is 0 Å². The quantitative estimate of drug-likeness (QED) is 0.230. The van der Waals surface area contributed by atoms with Gasteiger partial charge in [-0.15, -0.1) is 0 Å². The second-order valence-electron chi connectivity index (χ2n) is 8.51. The summed E-state index contributed by atoms with van der Waals surface area (Å²) in [7, 11) is 4.75. The van der Waals surface area contributed by atoms with E-state index in [4.69, 9.17) is 33.9 Å². The summed E-state index contributed by atoms with van der Waals surface area (Å²) in [4.78, 5) is 25.5. The molecule has 38 heavy (non-hydrogen) atoms. The number of allylic oxidation sites excluding steroid dienone is 4. The molecule has 0 atom stereocenters. The molecule has 0 aliphatic carbocycles. The van der Waals surface area contributed by atoms with Crippen LogP contribution in [0.3, 0.4) is 0 Å². The maximum atomic E-state index is 5.54. The first-order chi connectivity index (χ1) is 18.5. The zero-order valence-electron chi connectivity index (χ0n) is 22.9. The second-order valence-corrected chi connectivity index (χ2v) is 8.51. The Morgan fingerprint density at radius 1 is 0.947 bits per heavy atom. The summed E-state index contributed by atoms with van der Waals surface area (Å²) in [5, 5.41) is 0. The Bertz CT molecular complexity index is 1070. The van der Waals surface area contributed by atoms with E-state index in [-0.39, 0.29) is 0 Å². The van der Waals surface area contributed by atoms with Crippen LogP contribution in [-0.4, -0.2) is 106 Å². The average Bonchev–Trinajstić information content (AvgIpc) is 2.97. The summed E-state index contributed by atoms with van der Waals surface area (Å²) in [5.41, 5.74) is 0.713. The van der Waals surface area contributed by atoms with Crippen molar-refractivity contribution in [3.63, 3.8) is 0 Å². The van der Waals surface area contributed by atoms with Crippen LogP contribution in [0, 0.1) is 0 Å². The molecule has 0 bridgehead atoms. The van der Waals surface area contributed by atoms with Crippen molar-refractivity contribution in [2.75, 3.05) is 90.2 Å². The molecule has 0 aromatic carbocycles. The summed E-state index contributed by atoms with van der Waals surface area (Å²) in [6, 6.07) is 0. The molecule has 1 aromatic rings. The van der Waals surface area contributed by atoms with Crippen molar-refractivity contribution in [3.05, 3.63) is 60.6 Å². The highest BCUT2D eigenvalue weighted by Gasteiger charge is 2.24. The first-order valence-electron chi connectivity index (χ1n) is 12.6. The summed E-state index contributed by atoms with van der Waals surface area (Å²) in [5.74, 6) is 3.34. The number of aromatic nitrogens is 3. The lowest BCUT2D eigenvalue weighted by Gasteiger charge is -2.36. The number of hydrogen-bond acceptors (Lipinski definition) is 11. The standard InChI is InChI=1S/C27H39N7O4/c1-7-8-10-28-22(3)32-11-13-33(14-12-32)26-29-25(30-27(31-26)34-15-18-38-19-16-34)23(9-17-35-4)20-24(37-6)21(2)36-5/h7-10,20H,2-3,11-19H2,1,4-6H3/b8-7-,23-9+,24-20+,28-10-. The second kappa shape index (κ2) is 14.9. The van der Waals surface area contributed by atoms with Gasteiger partial charge in [0.05, 0.1) is 34.0 Å². The number of aliphatic imine (C=N–C) groups is 1. The molecule has 3 rings (SSSR count). The zero-order chi connectivity index (χ0) is 27.3. The van der Waals surface area contributed by atoms with Crippen LogP contribution in [0.25, 0.3) is 5.57 Å². The molecule has 206 valence electrons.